The largest absolute Gasteiger partial charge is 0.493 e. The van der Waals surface area contributed by atoms with Gasteiger partial charge in [0, 0.05) is 38.2 Å². The molecule has 0 unspecified atom stereocenters. The molecular weight excluding hydrogens is 706 g/mol. The fourth-order valence-electron chi connectivity index (χ4n) is 6.18. The third kappa shape index (κ3) is 12.6. The maximum absolute atomic E-state index is 13.8. The first-order valence-electron chi connectivity index (χ1n) is 18.9. The minimum Gasteiger partial charge on any atom is -0.493 e. The van der Waals surface area contributed by atoms with Crippen molar-refractivity contribution in [3.8, 4) is 11.5 Å². The van der Waals surface area contributed by atoms with Crippen molar-refractivity contribution in [3.63, 3.8) is 0 Å². The van der Waals surface area contributed by atoms with E-state index in [0.29, 0.717) is 79.8 Å². The van der Waals surface area contributed by atoms with Crippen molar-refractivity contribution in [2.45, 2.75) is 91.3 Å². The molecule has 15 heteroatoms. The average Bonchev–Trinajstić information content (AvgIpc) is 3.14. The van der Waals surface area contributed by atoms with Crippen LogP contribution in [0.1, 0.15) is 80.2 Å². The van der Waals surface area contributed by atoms with Crippen molar-refractivity contribution < 1.29 is 38.6 Å². The van der Waals surface area contributed by atoms with Crippen LogP contribution in [0.4, 0.5) is 0 Å². The molecule has 2 aliphatic rings. The highest BCUT2D eigenvalue weighted by molar-refractivity contribution is 5.97. The van der Waals surface area contributed by atoms with E-state index < -0.39 is 30.0 Å². The molecule has 5 N–H and O–H groups in total. The minimum atomic E-state index is -1.25. The van der Waals surface area contributed by atoms with Crippen LogP contribution in [0.5, 0.6) is 11.5 Å². The van der Waals surface area contributed by atoms with Crippen molar-refractivity contribution in [2.24, 2.45) is 5.92 Å². The van der Waals surface area contributed by atoms with Crippen LogP contribution in [0, 0.1) is 19.8 Å². The van der Waals surface area contributed by atoms with Crippen LogP contribution in [0.2, 0.25) is 0 Å². The normalized spacial score (nSPS) is 19.5. The summed E-state index contributed by atoms with van der Waals surface area (Å²) in [4.78, 5) is 77.1. The van der Waals surface area contributed by atoms with Crippen molar-refractivity contribution in [2.75, 3.05) is 39.9 Å². The number of carbonyl (C=O) groups is 5. The van der Waals surface area contributed by atoms with E-state index in [-0.39, 0.29) is 43.2 Å². The highest BCUT2D eigenvalue weighted by Gasteiger charge is 2.30. The Morgan fingerprint density at radius 1 is 0.873 bits per heavy atom. The van der Waals surface area contributed by atoms with E-state index in [4.69, 9.17) is 9.47 Å². The molecule has 2 aromatic carbocycles. The van der Waals surface area contributed by atoms with Crippen LogP contribution in [-0.4, -0.2) is 108 Å². The Bertz CT molecular complexity index is 1830. The van der Waals surface area contributed by atoms with E-state index in [1.807, 2.05) is 27.7 Å². The van der Waals surface area contributed by atoms with Crippen LogP contribution in [0.3, 0.4) is 0 Å². The fraction of sp³-hybridized carbons (Fsp3) is 0.525. The monoisotopic (exact) mass is 761 g/mol. The smallest absolute Gasteiger partial charge is 0.257 e. The second-order valence-corrected chi connectivity index (χ2v) is 14.3. The Kier molecular flexibility index (Phi) is 15.7. The Labute approximate surface area is 322 Å². The Balaban J connectivity index is 1.53. The Morgan fingerprint density at radius 3 is 2.29 bits per heavy atom. The number of methoxy groups -OCH3 is 1. The maximum Gasteiger partial charge on any atom is 0.257 e. The lowest BCUT2D eigenvalue weighted by Gasteiger charge is -2.26. The summed E-state index contributed by atoms with van der Waals surface area (Å²) in [6.07, 6.45) is 1.04. The van der Waals surface area contributed by atoms with Gasteiger partial charge in [0.05, 0.1) is 35.6 Å². The summed E-state index contributed by atoms with van der Waals surface area (Å²) in [7, 11) is 1.48. The number of benzene rings is 2. The van der Waals surface area contributed by atoms with Gasteiger partial charge in [-0.25, -0.2) is 9.97 Å². The molecule has 5 amide bonds. The quantitative estimate of drug-likeness (QED) is 0.241. The molecule has 3 aromatic rings. The number of aliphatic hydroxyl groups excluding tert-OH is 1. The summed E-state index contributed by atoms with van der Waals surface area (Å²) < 4.78 is 11.2. The molecule has 3 heterocycles. The number of nitrogens with zero attached hydrogens (tertiary/aromatic N) is 3. The SMILES string of the molecule is COc1cc2ccc1OCC(=O)NCCCN(C(=O)c1ccc3nc(C)c(C)nc3c1)CCCCNC(=O)[C@H]([C@@H](C)O)NC(=O)[C@@H](CC(C)C)NC(=O)CC2. The molecule has 0 aliphatic carbocycles. The molecule has 0 saturated carbocycles. The van der Waals surface area contributed by atoms with E-state index in [9.17, 15) is 29.1 Å². The lowest BCUT2D eigenvalue weighted by molar-refractivity contribution is -0.134. The number of hydrogen-bond acceptors (Lipinski definition) is 10. The van der Waals surface area contributed by atoms with Crippen molar-refractivity contribution in [1.29, 1.82) is 0 Å². The first-order chi connectivity index (χ1) is 26.2. The van der Waals surface area contributed by atoms with Gasteiger partial charge >= 0.3 is 0 Å². The fourth-order valence-corrected chi connectivity index (χ4v) is 6.18. The number of aromatic nitrogens is 2. The summed E-state index contributed by atoms with van der Waals surface area (Å²) >= 11 is 0. The summed E-state index contributed by atoms with van der Waals surface area (Å²) in [5.41, 5.74) is 4.14. The number of aliphatic hydroxyl groups is 1. The van der Waals surface area contributed by atoms with Gasteiger partial charge in [0.1, 0.15) is 12.1 Å². The number of aryl methyl sites for hydroxylation is 3. The summed E-state index contributed by atoms with van der Waals surface area (Å²) in [6, 6.07) is 8.23. The topological polar surface area (TPSA) is 201 Å². The molecule has 0 fully saturated rings. The van der Waals surface area contributed by atoms with Crippen molar-refractivity contribution >= 4 is 40.6 Å². The molecule has 3 atom stereocenters. The minimum absolute atomic E-state index is 0.0453. The molecule has 2 aliphatic heterocycles. The van der Waals surface area contributed by atoms with Gasteiger partial charge in [0.2, 0.25) is 17.7 Å². The van der Waals surface area contributed by atoms with Gasteiger partial charge in [0.25, 0.3) is 11.8 Å². The molecule has 2 bridgehead atoms. The van der Waals surface area contributed by atoms with Gasteiger partial charge < -0.3 is 40.7 Å². The third-order valence-electron chi connectivity index (χ3n) is 9.34. The Hall–Kier alpha value is -5.31. The molecule has 55 heavy (non-hydrogen) atoms. The van der Waals surface area contributed by atoms with Crippen LogP contribution in [-0.2, 0) is 25.6 Å². The van der Waals surface area contributed by atoms with Gasteiger partial charge in [-0.15, -0.1) is 0 Å². The molecule has 5 rings (SSSR count). The molecule has 298 valence electrons. The Morgan fingerprint density at radius 2 is 1.58 bits per heavy atom. The van der Waals surface area contributed by atoms with Crippen LogP contribution in [0.15, 0.2) is 36.4 Å². The lowest BCUT2D eigenvalue weighted by Crippen LogP contribution is -2.57. The van der Waals surface area contributed by atoms with Crippen LogP contribution >= 0.6 is 0 Å². The van der Waals surface area contributed by atoms with Gasteiger partial charge in [-0.3, -0.25) is 24.0 Å². The second kappa shape index (κ2) is 20.4. The van der Waals surface area contributed by atoms with E-state index in [0.717, 1.165) is 17.0 Å². The van der Waals surface area contributed by atoms with E-state index in [1.165, 1.54) is 14.0 Å². The standard InChI is InChI=1S/C40H55N7O8/c1-24(2)20-32-38(51)46-37(27(5)48)39(52)42-16-7-8-18-47(40(53)29-12-13-30-31(22-29)44-26(4)25(3)43-30)19-9-17-41-36(50)23-55-33-14-10-28(21-34(33)54-6)11-15-35(49)45-32/h10,12-14,21-22,24,27,32,37,48H,7-9,11,15-20,23H2,1-6H3,(H,41,50)(H,42,52)(H,45,49)(H,46,51)/t27-,32-,37+/m1/s1. The highest BCUT2D eigenvalue weighted by atomic mass is 16.5. The molecule has 0 spiro atoms. The zero-order valence-corrected chi connectivity index (χ0v) is 32.7. The number of nitrogens with one attached hydrogen (secondary N) is 4. The second-order valence-electron chi connectivity index (χ2n) is 14.3. The van der Waals surface area contributed by atoms with Gasteiger partial charge in [-0.2, -0.15) is 0 Å². The molecule has 1 aromatic heterocycles. The number of ether oxygens (including phenoxy) is 2. The molecule has 0 saturated heterocycles. The molecule has 15 nitrogen and oxygen atoms in total. The maximum atomic E-state index is 13.8. The van der Waals surface area contributed by atoms with Gasteiger partial charge in [0.15, 0.2) is 18.1 Å². The summed E-state index contributed by atoms with van der Waals surface area (Å²) in [5.74, 6) is -1.24. The number of amides is 5. The number of rotatable bonds is 5. The predicted octanol–water partition coefficient (Wildman–Crippen LogP) is 2.52. The average molecular weight is 762 g/mol. The zero-order chi connectivity index (χ0) is 40.1. The van der Waals surface area contributed by atoms with Gasteiger partial charge in [-0.1, -0.05) is 19.9 Å². The van der Waals surface area contributed by atoms with Crippen molar-refractivity contribution in [3.05, 3.63) is 58.9 Å². The summed E-state index contributed by atoms with van der Waals surface area (Å²) in [6.45, 7) is 10.00. The van der Waals surface area contributed by atoms with Crippen LogP contribution in [0.25, 0.3) is 11.0 Å². The first kappa shape index (κ1) is 42.4. The van der Waals surface area contributed by atoms with E-state index in [2.05, 4.69) is 31.2 Å². The first-order valence-corrected chi connectivity index (χ1v) is 18.9. The highest BCUT2D eigenvalue weighted by Crippen LogP contribution is 2.28. The zero-order valence-electron chi connectivity index (χ0n) is 32.7. The number of fused-ring (bicyclic) bond motifs is 24. The number of hydrogen-bond donors (Lipinski definition) is 5. The molecule has 0 radical (unpaired) electrons. The number of carbonyl (C=O) groups excluding carboxylic acids is 5. The molecular formula is C40H55N7O8. The van der Waals surface area contributed by atoms with Crippen LogP contribution < -0.4 is 30.7 Å². The van der Waals surface area contributed by atoms with Crippen molar-refractivity contribution in [1.82, 2.24) is 36.1 Å². The van der Waals surface area contributed by atoms with Gasteiger partial charge in [-0.05, 0) is 94.7 Å². The lowest BCUT2D eigenvalue weighted by atomic mass is 10.0. The summed E-state index contributed by atoms with van der Waals surface area (Å²) in [5, 5.41) is 21.5. The van der Waals surface area contributed by atoms with E-state index >= 15 is 0 Å². The van der Waals surface area contributed by atoms with E-state index in [1.54, 1.807) is 41.3 Å². The predicted molar refractivity (Wildman–Crippen MR) is 207 cm³/mol. The third-order valence-corrected chi connectivity index (χ3v) is 9.34.